The zero-order valence-corrected chi connectivity index (χ0v) is 62.9. The summed E-state index contributed by atoms with van der Waals surface area (Å²) in [6.45, 7) is 7.26. The average Bonchev–Trinajstić information content (AvgIpc) is 1.51. The van der Waals surface area contributed by atoms with Crippen molar-refractivity contribution in [2.75, 3.05) is 39.6 Å². The van der Waals surface area contributed by atoms with Crippen molar-refractivity contribution in [2.24, 2.45) is 5.92 Å². The Labute approximate surface area is 575 Å². The number of phosphoric ester groups is 2. The zero-order chi connectivity index (χ0) is 69.1. The molecule has 0 radical (unpaired) electrons. The fourth-order valence-corrected chi connectivity index (χ4v) is 13.1. The van der Waals surface area contributed by atoms with Crippen molar-refractivity contribution in [1.82, 2.24) is 0 Å². The highest BCUT2D eigenvalue weighted by molar-refractivity contribution is 7.47. The Bertz CT molecular complexity index is 1810. The summed E-state index contributed by atoms with van der Waals surface area (Å²) in [7, 11) is -9.91. The van der Waals surface area contributed by atoms with Crippen LogP contribution in [0.5, 0.6) is 0 Å². The molecule has 0 bridgehead atoms. The summed E-state index contributed by atoms with van der Waals surface area (Å²) in [6.07, 6.45) is 56.8. The molecule has 0 saturated heterocycles. The van der Waals surface area contributed by atoms with Gasteiger partial charge in [0, 0.05) is 25.7 Å². The third-order valence-corrected chi connectivity index (χ3v) is 19.4. The Morgan fingerprint density at radius 3 is 0.723 bits per heavy atom. The van der Waals surface area contributed by atoms with Gasteiger partial charge < -0.3 is 33.8 Å². The molecule has 0 spiro atoms. The van der Waals surface area contributed by atoms with Gasteiger partial charge in [-0.15, -0.1) is 0 Å². The van der Waals surface area contributed by atoms with Gasteiger partial charge in [-0.1, -0.05) is 343 Å². The van der Waals surface area contributed by atoms with Gasteiger partial charge in [0.05, 0.1) is 26.4 Å². The molecule has 0 aromatic heterocycles. The van der Waals surface area contributed by atoms with Gasteiger partial charge in [0.2, 0.25) is 0 Å². The number of carbonyl (C=O) groups is 4. The molecule has 0 aromatic rings. The number of unbranched alkanes of at least 4 members (excludes halogenated alkanes) is 47. The Hall–Kier alpha value is -1.94. The summed E-state index contributed by atoms with van der Waals surface area (Å²) in [5.74, 6) is -1.38. The zero-order valence-electron chi connectivity index (χ0n) is 61.1. The summed E-state index contributed by atoms with van der Waals surface area (Å²) in [6, 6.07) is 0. The maximum atomic E-state index is 13.1. The first-order valence-electron chi connectivity index (χ1n) is 39.1. The molecule has 19 heteroatoms. The van der Waals surface area contributed by atoms with E-state index < -0.39 is 97.5 Å². The van der Waals surface area contributed by atoms with Crippen molar-refractivity contribution in [3.63, 3.8) is 0 Å². The third-order valence-electron chi connectivity index (χ3n) is 17.5. The predicted molar refractivity (Wildman–Crippen MR) is 382 cm³/mol. The smallest absolute Gasteiger partial charge is 0.462 e. The second kappa shape index (κ2) is 68.2. The van der Waals surface area contributed by atoms with Crippen molar-refractivity contribution in [2.45, 2.75) is 412 Å². The first-order valence-corrected chi connectivity index (χ1v) is 42.1. The number of hydrogen-bond donors (Lipinski definition) is 3. The number of aliphatic hydroxyl groups is 1. The van der Waals surface area contributed by atoms with E-state index in [4.69, 9.17) is 37.0 Å². The minimum atomic E-state index is -4.96. The molecule has 0 rings (SSSR count). The molecule has 17 nitrogen and oxygen atoms in total. The molecule has 2 unspecified atom stereocenters. The lowest BCUT2D eigenvalue weighted by Crippen LogP contribution is -2.30. The highest BCUT2D eigenvalue weighted by Crippen LogP contribution is 2.45. The molecule has 0 aliphatic heterocycles. The molecular formula is C75H146O17P2. The quantitative estimate of drug-likeness (QED) is 0.0222. The van der Waals surface area contributed by atoms with Crippen molar-refractivity contribution >= 4 is 39.5 Å². The van der Waals surface area contributed by atoms with E-state index in [1.807, 2.05) is 0 Å². The van der Waals surface area contributed by atoms with E-state index in [9.17, 15) is 43.2 Å². The molecule has 0 aliphatic rings. The summed E-state index contributed by atoms with van der Waals surface area (Å²) in [5.41, 5.74) is 0. The second-order valence-corrected chi connectivity index (χ2v) is 30.4. The van der Waals surface area contributed by atoms with E-state index >= 15 is 0 Å². The van der Waals surface area contributed by atoms with E-state index in [1.165, 1.54) is 218 Å². The second-order valence-electron chi connectivity index (χ2n) is 27.5. The van der Waals surface area contributed by atoms with Crippen molar-refractivity contribution < 1.29 is 80.2 Å². The van der Waals surface area contributed by atoms with Crippen LogP contribution < -0.4 is 0 Å². The predicted octanol–water partition coefficient (Wildman–Crippen LogP) is 22.1. The number of rotatable bonds is 75. The summed E-state index contributed by atoms with van der Waals surface area (Å²) in [5, 5.41) is 10.6. The van der Waals surface area contributed by atoms with Crippen LogP contribution >= 0.6 is 15.6 Å². The van der Waals surface area contributed by atoms with Gasteiger partial charge in [0.25, 0.3) is 0 Å². The molecule has 0 heterocycles. The maximum absolute atomic E-state index is 13.1. The average molecular weight is 1380 g/mol. The topological polar surface area (TPSA) is 237 Å². The standard InChI is InChI=1S/C75H146O17P2/c1-6-9-12-15-18-21-24-26-28-30-32-34-39-44-49-54-59-73(78)86-65-70(91-74(79)60-55-50-45-40-35-33-31-29-27-25-22-19-16-13-10-7-2)66-89-93(81,82)87-62-69(76)63-88-94(83,84)90-67-71(64-85-72(77)58-53-48-43-38-23-20-17-14-11-8-3)92-75(80)61-56-51-46-41-36-37-42-47-52-57-68(4)5/h68-71,76H,6-67H2,1-5H3,(H,81,82)(H,83,84)/t69-,70-,71-/m1/s1. The fourth-order valence-electron chi connectivity index (χ4n) is 11.5. The van der Waals surface area contributed by atoms with E-state index in [2.05, 4.69) is 34.6 Å². The van der Waals surface area contributed by atoms with Crippen molar-refractivity contribution in [1.29, 1.82) is 0 Å². The fraction of sp³-hybridized carbons (Fsp3) is 0.947. The van der Waals surface area contributed by atoms with Crippen molar-refractivity contribution in [3.05, 3.63) is 0 Å². The molecular weight excluding hydrogens is 1230 g/mol. The van der Waals surface area contributed by atoms with E-state index in [0.717, 1.165) is 95.8 Å². The summed E-state index contributed by atoms with van der Waals surface area (Å²) >= 11 is 0. The minimum absolute atomic E-state index is 0.106. The van der Waals surface area contributed by atoms with Gasteiger partial charge in [-0.25, -0.2) is 9.13 Å². The monoisotopic (exact) mass is 1380 g/mol. The number of hydrogen-bond acceptors (Lipinski definition) is 15. The van der Waals surface area contributed by atoms with Gasteiger partial charge in [0.15, 0.2) is 12.2 Å². The first kappa shape index (κ1) is 92.1. The van der Waals surface area contributed by atoms with Gasteiger partial charge in [-0.3, -0.25) is 37.3 Å². The van der Waals surface area contributed by atoms with Crippen LogP contribution in [-0.4, -0.2) is 96.7 Å². The van der Waals surface area contributed by atoms with Crippen LogP contribution in [0, 0.1) is 5.92 Å². The Kier molecular flexibility index (Phi) is 66.8. The molecule has 3 N–H and O–H groups in total. The lowest BCUT2D eigenvalue weighted by molar-refractivity contribution is -0.161. The van der Waals surface area contributed by atoms with E-state index in [-0.39, 0.29) is 25.7 Å². The highest BCUT2D eigenvalue weighted by Gasteiger charge is 2.30. The van der Waals surface area contributed by atoms with Crippen LogP contribution in [0.2, 0.25) is 0 Å². The number of phosphoric acid groups is 2. The maximum Gasteiger partial charge on any atom is 0.472 e. The van der Waals surface area contributed by atoms with Crippen LogP contribution in [-0.2, 0) is 65.4 Å². The Morgan fingerprint density at radius 2 is 0.489 bits per heavy atom. The van der Waals surface area contributed by atoms with Crippen LogP contribution in [0.25, 0.3) is 0 Å². The molecule has 558 valence electrons. The van der Waals surface area contributed by atoms with Crippen LogP contribution in [0.3, 0.4) is 0 Å². The van der Waals surface area contributed by atoms with Crippen molar-refractivity contribution in [3.8, 4) is 0 Å². The van der Waals surface area contributed by atoms with E-state index in [0.29, 0.717) is 25.7 Å². The molecule has 0 aliphatic carbocycles. The van der Waals surface area contributed by atoms with Gasteiger partial charge in [0.1, 0.15) is 19.3 Å². The van der Waals surface area contributed by atoms with Gasteiger partial charge in [-0.2, -0.15) is 0 Å². The van der Waals surface area contributed by atoms with Gasteiger partial charge >= 0.3 is 39.5 Å². The number of aliphatic hydroxyl groups excluding tert-OH is 1. The third kappa shape index (κ3) is 68.6. The van der Waals surface area contributed by atoms with Crippen LogP contribution in [0.15, 0.2) is 0 Å². The Morgan fingerprint density at radius 1 is 0.287 bits per heavy atom. The normalized spacial score (nSPS) is 14.0. The van der Waals surface area contributed by atoms with Crippen LogP contribution in [0.4, 0.5) is 0 Å². The summed E-state index contributed by atoms with van der Waals surface area (Å²) < 4.78 is 68.5. The van der Waals surface area contributed by atoms with Crippen LogP contribution in [0.1, 0.15) is 394 Å². The molecule has 0 aromatic carbocycles. The van der Waals surface area contributed by atoms with Gasteiger partial charge in [-0.05, 0) is 31.6 Å². The molecule has 0 amide bonds. The number of esters is 4. The lowest BCUT2D eigenvalue weighted by Gasteiger charge is -2.21. The first-order chi connectivity index (χ1) is 45.5. The lowest BCUT2D eigenvalue weighted by atomic mass is 10.0. The number of carbonyl (C=O) groups excluding carboxylic acids is 4. The molecule has 94 heavy (non-hydrogen) atoms. The van der Waals surface area contributed by atoms with E-state index in [1.54, 1.807) is 0 Å². The largest absolute Gasteiger partial charge is 0.472 e. The molecule has 0 saturated carbocycles. The summed E-state index contributed by atoms with van der Waals surface area (Å²) in [4.78, 5) is 72.8. The molecule has 0 fully saturated rings. The SMILES string of the molecule is CCCCCCCCCCCCCCCCCCC(=O)OC[C@H](COP(=O)(O)OC[C@@H](O)COP(=O)(O)OC[C@@H](COC(=O)CCCCCCCCCCCC)OC(=O)CCCCCCCCCCCC(C)C)OC(=O)CCCCCCCCCCCCCCCCCC. The Balaban J connectivity index is 5.24. The minimum Gasteiger partial charge on any atom is -0.462 e. The number of ether oxygens (including phenoxy) is 4. The highest BCUT2D eigenvalue weighted by atomic mass is 31.2. The molecule has 5 atom stereocenters.